The summed E-state index contributed by atoms with van der Waals surface area (Å²) in [5, 5.41) is 0. The minimum atomic E-state index is -3.53. The lowest BCUT2D eigenvalue weighted by molar-refractivity contribution is -0.331. The maximum absolute atomic E-state index is 11.6. The highest BCUT2D eigenvalue weighted by Gasteiger charge is 2.60. The number of ether oxygens (including phenoxy) is 2. The molecule has 7 heteroatoms. The molecule has 2 heterocycles. The van der Waals surface area contributed by atoms with Crippen LogP contribution in [0.1, 0.15) is 26.3 Å². The van der Waals surface area contributed by atoms with Crippen LogP contribution in [-0.4, -0.2) is 58.3 Å². The lowest BCUT2D eigenvalue weighted by atomic mass is 9.83. The second kappa shape index (κ2) is 6.87. The van der Waals surface area contributed by atoms with E-state index >= 15 is 0 Å². The van der Waals surface area contributed by atoms with Gasteiger partial charge in [-0.15, -0.1) is 0 Å². The molecule has 1 unspecified atom stereocenters. The molecule has 26 heavy (non-hydrogen) atoms. The fourth-order valence-electron chi connectivity index (χ4n) is 3.65. The van der Waals surface area contributed by atoms with Gasteiger partial charge in [-0.3, -0.25) is 9.08 Å². The Morgan fingerprint density at radius 3 is 2.27 bits per heavy atom. The van der Waals surface area contributed by atoms with Crippen LogP contribution in [0.5, 0.6) is 0 Å². The van der Waals surface area contributed by atoms with E-state index in [9.17, 15) is 8.42 Å². The Bertz CT molecular complexity index is 724. The summed E-state index contributed by atoms with van der Waals surface area (Å²) in [5.74, 6) is -0.859. The van der Waals surface area contributed by atoms with Gasteiger partial charge in [-0.1, -0.05) is 51.1 Å². The number of hydrogen-bond acceptors (Lipinski definition) is 6. The van der Waals surface area contributed by atoms with Crippen molar-refractivity contribution in [3.8, 4) is 0 Å². The molecule has 146 valence electrons. The van der Waals surface area contributed by atoms with Crippen LogP contribution in [0.4, 0.5) is 0 Å². The first-order chi connectivity index (χ1) is 12.0. The first-order valence-electron chi connectivity index (χ1n) is 8.91. The van der Waals surface area contributed by atoms with Crippen LogP contribution in [-0.2, 0) is 30.3 Å². The average molecular weight is 384 g/mol. The molecule has 1 aromatic rings. The van der Waals surface area contributed by atoms with Crippen LogP contribution in [0.25, 0.3) is 0 Å². The Balaban J connectivity index is 1.81. The van der Waals surface area contributed by atoms with Gasteiger partial charge in [-0.25, -0.2) is 0 Å². The Kier molecular flexibility index (Phi) is 5.22. The van der Waals surface area contributed by atoms with E-state index in [1.54, 1.807) is 0 Å². The summed E-state index contributed by atoms with van der Waals surface area (Å²) in [4.78, 5) is 2.25. The lowest BCUT2D eigenvalue weighted by Crippen LogP contribution is -2.58. The summed E-state index contributed by atoms with van der Waals surface area (Å²) in [6, 6.07) is 10.2. The van der Waals surface area contributed by atoms with E-state index in [-0.39, 0.29) is 12.0 Å². The molecule has 6 nitrogen and oxygen atoms in total. The minimum Gasteiger partial charge on any atom is -0.347 e. The molecule has 0 radical (unpaired) electrons. The first kappa shape index (κ1) is 19.8. The Morgan fingerprint density at radius 1 is 1.08 bits per heavy atom. The van der Waals surface area contributed by atoms with Crippen molar-refractivity contribution in [2.24, 2.45) is 10.8 Å². The smallest absolute Gasteiger partial charge is 0.264 e. The van der Waals surface area contributed by atoms with Gasteiger partial charge in [0.2, 0.25) is 0 Å². The Labute approximate surface area is 156 Å². The van der Waals surface area contributed by atoms with Crippen LogP contribution in [0.2, 0.25) is 0 Å². The molecule has 2 aliphatic heterocycles. The van der Waals surface area contributed by atoms with Gasteiger partial charge in [0.25, 0.3) is 10.1 Å². The molecule has 0 amide bonds. The number of benzene rings is 1. The molecule has 0 saturated carbocycles. The van der Waals surface area contributed by atoms with Gasteiger partial charge in [-0.05, 0) is 5.56 Å². The second-order valence-electron chi connectivity index (χ2n) is 8.65. The largest absolute Gasteiger partial charge is 0.347 e. The molecule has 1 spiro atoms. The highest BCUT2D eigenvalue weighted by molar-refractivity contribution is 7.85. The van der Waals surface area contributed by atoms with Crippen LogP contribution >= 0.6 is 0 Å². The molecule has 2 aliphatic rings. The monoisotopic (exact) mass is 383 g/mol. The van der Waals surface area contributed by atoms with Crippen molar-refractivity contribution in [3.05, 3.63) is 35.9 Å². The molecule has 1 atom stereocenters. The van der Waals surface area contributed by atoms with E-state index in [1.807, 2.05) is 25.1 Å². The standard InChI is InChI=1S/C19H29NO5S/c1-17(2)13-23-19(24-14-17)12-20(10-16-8-6-5-7-9-16)11-18(19,3)15-25-26(4,21)22/h5-9H,10-15H2,1-4H3. The number of rotatable bonds is 5. The van der Waals surface area contributed by atoms with Gasteiger partial charge in [0.05, 0.1) is 38.0 Å². The zero-order valence-corrected chi connectivity index (χ0v) is 16.8. The van der Waals surface area contributed by atoms with Gasteiger partial charge in [-0.2, -0.15) is 8.42 Å². The van der Waals surface area contributed by atoms with Gasteiger partial charge >= 0.3 is 0 Å². The van der Waals surface area contributed by atoms with Crippen molar-refractivity contribution in [1.82, 2.24) is 4.90 Å². The summed E-state index contributed by atoms with van der Waals surface area (Å²) < 4.78 is 40.8. The summed E-state index contributed by atoms with van der Waals surface area (Å²) in [7, 11) is -3.53. The zero-order chi connectivity index (χ0) is 19.1. The molecule has 2 saturated heterocycles. The molecule has 0 bridgehead atoms. The summed E-state index contributed by atoms with van der Waals surface area (Å²) in [5.41, 5.74) is 0.560. The maximum atomic E-state index is 11.6. The van der Waals surface area contributed by atoms with E-state index in [4.69, 9.17) is 13.7 Å². The zero-order valence-electron chi connectivity index (χ0n) is 16.0. The average Bonchev–Trinajstić information content (AvgIpc) is 2.82. The maximum Gasteiger partial charge on any atom is 0.264 e. The second-order valence-corrected chi connectivity index (χ2v) is 10.3. The predicted molar refractivity (Wildman–Crippen MR) is 99.0 cm³/mol. The SMILES string of the molecule is CC1(C)COC2(CN(Cc3ccccc3)CC2(C)COS(C)(=O)=O)OC1. The van der Waals surface area contributed by atoms with E-state index in [0.717, 1.165) is 12.8 Å². The number of likely N-dealkylation sites (tertiary alicyclic amines) is 1. The fraction of sp³-hybridized carbons (Fsp3) is 0.684. The number of hydrogen-bond donors (Lipinski definition) is 0. The van der Waals surface area contributed by atoms with Crippen molar-refractivity contribution < 1.29 is 22.1 Å². The van der Waals surface area contributed by atoms with E-state index in [1.165, 1.54) is 5.56 Å². The minimum absolute atomic E-state index is 0.0392. The van der Waals surface area contributed by atoms with Gasteiger partial charge in [0.1, 0.15) is 0 Å². The van der Waals surface area contributed by atoms with Gasteiger partial charge in [0, 0.05) is 18.5 Å². The van der Waals surface area contributed by atoms with Crippen LogP contribution in [0.15, 0.2) is 30.3 Å². The van der Waals surface area contributed by atoms with Gasteiger partial charge in [0.15, 0.2) is 5.79 Å². The molecular weight excluding hydrogens is 354 g/mol. The third kappa shape index (κ3) is 4.28. The molecule has 2 fully saturated rings. The third-order valence-electron chi connectivity index (χ3n) is 5.16. The molecule has 3 rings (SSSR count). The molecular formula is C19H29NO5S. The summed E-state index contributed by atoms with van der Waals surface area (Å²) >= 11 is 0. The molecule has 1 aromatic carbocycles. The lowest BCUT2D eigenvalue weighted by Gasteiger charge is -2.48. The normalized spacial score (nSPS) is 28.5. The van der Waals surface area contributed by atoms with Gasteiger partial charge < -0.3 is 9.47 Å². The quantitative estimate of drug-likeness (QED) is 0.727. The number of nitrogens with zero attached hydrogens (tertiary/aromatic N) is 1. The Morgan fingerprint density at radius 2 is 1.69 bits per heavy atom. The van der Waals surface area contributed by atoms with E-state index < -0.39 is 21.3 Å². The van der Waals surface area contributed by atoms with Crippen LogP contribution in [0, 0.1) is 10.8 Å². The fourth-order valence-corrected chi connectivity index (χ4v) is 4.12. The Hall–Kier alpha value is -0.990. The van der Waals surface area contributed by atoms with E-state index in [0.29, 0.717) is 26.3 Å². The van der Waals surface area contributed by atoms with E-state index in [2.05, 4.69) is 30.9 Å². The van der Waals surface area contributed by atoms with Crippen LogP contribution in [0.3, 0.4) is 0 Å². The van der Waals surface area contributed by atoms with Crippen molar-refractivity contribution in [1.29, 1.82) is 0 Å². The van der Waals surface area contributed by atoms with Crippen LogP contribution < -0.4 is 0 Å². The molecule has 0 aromatic heterocycles. The predicted octanol–water partition coefficient (Wildman–Crippen LogP) is 2.25. The first-order valence-corrected chi connectivity index (χ1v) is 10.7. The topological polar surface area (TPSA) is 65.1 Å². The summed E-state index contributed by atoms with van der Waals surface area (Å²) in [6.45, 7) is 9.34. The van der Waals surface area contributed by atoms with Crippen molar-refractivity contribution in [3.63, 3.8) is 0 Å². The van der Waals surface area contributed by atoms with Crippen molar-refractivity contribution in [2.75, 3.05) is 39.2 Å². The highest BCUT2D eigenvalue weighted by Crippen LogP contribution is 2.47. The van der Waals surface area contributed by atoms with Crippen molar-refractivity contribution in [2.45, 2.75) is 33.1 Å². The highest BCUT2D eigenvalue weighted by atomic mass is 32.2. The van der Waals surface area contributed by atoms with Crippen molar-refractivity contribution >= 4 is 10.1 Å². The summed E-state index contributed by atoms with van der Waals surface area (Å²) in [6.07, 6.45) is 1.07. The molecule has 0 aliphatic carbocycles. The third-order valence-corrected chi connectivity index (χ3v) is 5.70. The molecule has 0 N–H and O–H groups in total.